The molecule has 4 heterocycles. The third-order valence-corrected chi connectivity index (χ3v) is 7.07. The number of piperidine rings is 2. The van der Waals surface area contributed by atoms with Crippen LogP contribution in [0.1, 0.15) is 25.7 Å². The Labute approximate surface area is 212 Å². The van der Waals surface area contributed by atoms with E-state index in [-0.39, 0.29) is 65.1 Å². The van der Waals surface area contributed by atoms with Crippen LogP contribution in [0.2, 0.25) is 0 Å². The lowest BCUT2D eigenvalue weighted by Gasteiger charge is -2.29. The molecule has 0 unspecified atom stereocenters. The first-order chi connectivity index (χ1) is 17.7. The van der Waals surface area contributed by atoms with Crippen molar-refractivity contribution in [3.63, 3.8) is 0 Å². The van der Waals surface area contributed by atoms with Crippen molar-refractivity contribution in [1.82, 2.24) is 30.9 Å². The van der Waals surface area contributed by atoms with E-state index in [1.165, 1.54) is 9.80 Å². The standard InChI is InChI=1S/C18H30N8O10S/c19-5-7-33-21-15(27)13-3-1-11-9-23(13)17(29)25(11)35-37(31,32)36-26-12-2-4-14(24(10-12)18(26)30)16(28)22-34-8-6-20/h11-14H,1-10,19-20H2,(H,21,27)(H,22,28)/t11-,12-,13+,14+/m1/s1. The van der Waals surface area contributed by atoms with E-state index < -0.39 is 58.4 Å². The topological polar surface area (TPSA) is 228 Å². The lowest BCUT2D eigenvalue weighted by Crippen LogP contribution is -2.50. The van der Waals surface area contributed by atoms with Crippen LogP contribution in [0.25, 0.3) is 0 Å². The van der Waals surface area contributed by atoms with Gasteiger partial charge in [-0.1, -0.05) is 0 Å². The Hall–Kier alpha value is -2.81. The molecule has 0 aromatic carbocycles. The minimum atomic E-state index is -4.92. The Bertz CT molecular complexity index is 942. The fraction of sp³-hybridized carbons (Fsp3) is 0.778. The van der Waals surface area contributed by atoms with Gasteiger partial charge in [-0.05, 0) is 25.7 Å². The number of carbonyl (C=O) groups is 4. The molecule has 4 aliphatic heterocycles. The maximum Gasteiger partial charge on any atom is 0.442 e. The van der Waals surface area contributed by atoms with Crippen molar-refractivity contribution in [1.29, 1.82) is 0 Å². The minimum Gasteiger partial charge on any atom is -0.328 e. The summed E-state index contributed by atoms with van der Waals surface area (Å²) in [5.41, 5.74) is 15.0. The van der Waals surface area contributed by atoms with E-state index in [0.29, 0.717) is 10.1 Å². The van der Waals surface area contributed by atoms with Gasteiger partial charge in [-0.3, -0.25) is 19.3 Å². The maximum atomic E-state index is 12.8. The first-order valence-electron chi connectivity index (χ1n) is 11.7. The van der Waals surface area contributed by atoms with Crippen LogP contribution >= 0.6 is 0 Å². The maximum absolute atomic E-state index is 12.8. The molecule has 4 saturated heterocycles. The molecule has 4 aliphatic rings. The van der Waals surface area contributed by atoms with Crippen LogP contribution in [0, 0.1) is 0 Å². The number of hydroxylamine groups is 6. The summed E-state index contributed by atoms with van der Waals surface area (Å²) >= 11 is 0. The Balaban J connectivity index is 1.35. The molecule has 0 aromatic heterocycles. The fourth-order valence-electron chi connectivity index (χ4n) is 4.71. The predicted molar refractivity (Wildman–Crippen MR) is 119 cm³/mol. The first-order valence-corrected chi connectivity index (χ1v) is 13.1. The van der Waals surface area contributed by atoms with Gasteiger partial charge in [0, 0.05) is 26.2 Å². The molecule has 6 amide bonds. The largest absolute Gasteiger partial charge is 0.442 e. The number of hydrogen-bond acceptors (Lipinski definition) is 12. The summed E-state index contributed by atoms with van der Waals surface area (Å²) in [5.74, 6) is -1.14. The first kappa shape index (κ1) is 27.2. The van der Waals surface area contributed by atoms with E-state index in [1.807, 2.05) is 0 Å². The molecule has 0 spiro atoms. The summed E-state index contributed by atoms with van der Waals surface area (Å²) in [4.78, 5) is 62.5. The van der Waals surface area contributed by atoms with Crippen LogP contribution in [-0.2, 0) is 38.2 Å². The summed E-state index contributed by atoms with van der Waals surface area (Å²) < 4.78 is 35.3. The smallest absolute Gasteiger partial charge is 0.328 e. The molecule has 18 nitrogen and oxygen atoms in total. The molecule has 6 N–H and O–H groups in total. The van der Waals surface area contributed by atoms with Gasteiger partial charge >= 0.3 is 22.5 Å². The molecular formula is C18H30N8O10S. The number of rotatable bonds is 12. The summed E-state index contributed by atoms with van der Waals surface area (Å²) in [6, 6.07) is -4.78. The quantitative estimate of drug-likeness (QED) is 0.138. The monoisotopic (exact) mass is 550 g/mol. The van der Waals surface area contributed by atoms with E-state index in [1.54, 1.807) is 0 Å². The van der Waals surface area contributed by atoms with Crippen molar-refractivity contribution >= 4 is 34.3 Å². The summed E-state index contributed by atoms with van der Waals surface area (Å²) in [5, 5.41) is 1.25. The van der Waals surface area contributed by atoms with Crippen LogP contribution in [0.5, 0.6) is 0 Å². The van der Waals surface area contributed by atoms with Crippen molar-refractivity contribution < 1.29 is 45.8 Å². The molecule has 37 heavy (non-hydrogen) atoms. The number of nitrogens with one attached hydrogen (secondary N) is 2. The molecule has 0 radical (unpaired) electrons. The van der Waals surface area contributed by atoms with Crippen LogP contribution in [0.4, 0.5) is 9.59 Å². The second-order valence-electron chi connectivity index (χ2n) is 8.78. The number of carbonyl (C=O) groups excluding carboxylic acids is 4. The fourth-order valence-corrected chi connectivity index (χ4v) is 5.51. The molecule has 4 atom stereocenters. The third kappa shape index (κ3) is 5.71. The Morgan fingerprint density at radius 1 is 0.784 bits per heavy atom. The highest BCUT2D eigenvalue weighted by atomic mass is 32.3. The highest BCUT2D eigenvalue weighted by Gasteiger charge is 2.52. The van der Waals surface area contributed by atoms with Crippen LogP contribution < -0.4 is 22.4 Å². The molecule has 4 rings (SSSR count). The van der Waals surface area contributed by atoms with Gasteiger partial charge in [0.25, 0.3) is 11.8 Å². The number of fused-ring (bicyclic) bond motifs is 4. The lowest BCUT2D eigenvalue weighted by atomic mass is 10.0. The third-order valence-electron chi connectivity index (χ3n) is 6.38. The Morgan fingerprint density at radius 3 is 1.57 bits per heavy atom. The highest BCUT2D eigenvalue weighted by Crippen LogP contribution is 2.33. The number of amides is 6. The average Bonchev–Trinajstić information content (AvgIpc) is 3.24. The second kappa shape index (κ2) is 11.3. The van der Waals surface area contributed by atoms with Gasteiger partial charge in [-0.2, -0.15) is 18.5 Å². The molecule has 0 saturated carbocycles. The SMILES string of the molecule is NCCONC(=O)[C@@H]1CC[C@@H]2CN1C(=O)N2OS(=O)(=O)ON1C(=O)N2C[C@H]1CC[C@H]2C(=O)NOCCN. The second-order valence-corrected chi connectivity index (χ2v) is 9.89. The van der Waals surface area contributed by atoms with Crippen molar-refractivity contribution in [2.45, 2.75) is 49.9 Å². The molecule has 0 aromatic rings. The Morgan fingerprint density at radius 2 is 1.19 bits per heavy atom. The van der Waals surface area contributed by atoms with Gasteiger partial charge in [-0.25, -0.2) is 20.5 Å². The van der Waals surface area contributed by atoms with E-state index in [2.05, 4.69) is 11.0 Å². The zero-order valence-corrected chi connectivity index (χ0v) is 20.6. The number of urea groups is 2. The van der Waals surface area contributed by atoms with Gasteiger partial charge in [-0.15, -0.1) is 8.57 Å². The molecule has 19 heteroatoms. The predicted octanol–water partition coefficient (Wildman–Crippen LogP) is -3.36. The highest BCUT2D eigenvalue weighted by molar-refractivity contribution is 7.81. The lowest BCUT2D eigenvalue weighted by molar-refractivity contribution is -0.139. The molecule has 0 aliphatic carbocycles. The van der Waals surface area contributed by atoms with Gasteiger partial charge in [0.15, 0.2) is 0 Å². The van der Waals surface area contributed by atoms with Gasteiger partial charge in [0.1, 0.15) is 12.1 Å². The van der Waals surface area contributed by atoms with Crippen molar-refractivity contribution in [3.05, 3.63) is 0 Å². The van der Waals surface area contributed by atoms with Crippen LogP contribution in [0.3, 0.4) is 0 Å². The summed E-state index contributed by atoms with van der Waals surface area (Å²) in [7, 11) is -4.92. The van der Waals surface area contributed by atoms with Crippen molar-refractivity contribution in [2.75, 3.05) is 39.4 Å². The van der Waals surface area contributed by atoms with Crippen LogP contribution in [0.15, 0.2) is 0 Å². The van der Waals surface area contributed by atoms with Gasteiger partial charge in [0.05, 0.1) is 25.3 Å². The number of nitrogens with two attached hydrogens (primary N) is 2. The molecule has 4 bridgehead atoms. The van der Waals surface area contributed by atoms with E-state index in [0.717, 1.165) is 0 Å². The number of hydrogen-bond donors (Lipinski definition) is 4. The van der Waals surface area contributed by atoms with E-state index in [9.17, 15) is 27.6 Å². The Kier molecular flexibility index (Phi) is 8.31. The summed E-state index contributed by atoms with van der Waals surface area (Å²) in [6.07, 6.45) is 1.04. The minimum absolute atomic E-state index is 0.0470. The van der Waals surface area contributed by atoms with Crippen molar-refractivity contribution in [2.24, 2.45) is 11.5 Å². The molecule has 208 valence electrons. The number of nitrogens with zero attached hydrogens (tertiary/aromatic N) is 4. The zero-order chi connectivity index (χ0) is 26.7. The average molecular weight is 551 g/mol. The van der Waals surface area contributed by atoms with E-state index >= 15 is 0 Å². The van der Waals surface area contributed by atoms with Crippen LogP contribution in [-0.4, -0.2) is 116 Å². The van der Waals surface area contributed by atoms with Gasteiger partial charge < -0.3 is 21.3 Å². The van der Waals surface area contributed by atoms with E-state index in [4.69, 9.17) is 29.7 Å². The normalized spacial score (nSPS) is 27.2. The molecule has 4 fully saturated rings. The summed E-state index contributed by atoms with van der Waals surface area (Å²) in [6.45, 7) is 0.632. The van der Waals surface area contributed by atoms with Gasteiger partial charge in [0.2, 0.25) is 0 Å². The van der Waals surface area contributed by atoms with Crippen molar-refractivity contribution in [3.8, 4) is 0 Å². The molecular weight excluding hydrogens is 520 g/mol. The zero-order valence-electron chi connectivity index (χ0n) is 19.8.